The summed E-state index contributed by atoms with van der Waals surface area (Å²) in [7, 11) is 3.15. The van der Waals surface area contributed by atoms with Crippen molar-refractivity contribution in [2.24, 2.45) is 0 Å². The maximum Gasteiger partial charge on any atom is 0.256 e. The topological polar surface area (TPSA) is 107 Å². The third kappa shape index (κ3) is 5.58. The van der Waals surface area contributed by atoms with Gasteiger partial charge in [0.25, 0.3) is 11.8 Å². The van der Waals surface area contributed by atoms with Crippen molar-refractivity contribution < 1.29 is 33.3 Å². The molecule has 0 aliphatic carbocycles. The van der Waals surface area contributed by atoms with Gasteiger partial charge in [-0.2, -0.15) is 0 Å². The van der Waals surface area contributed by atoms with Crippen LogP contribution in [0, 0.1) is 0 Å². The molecular formula is C29H35N3O7. The minimum Gasteiger partial charge on any atom is -0.497 e. The number of piperidine rings is 1. The van der Waals surface area contributed by atoms with E-state index in [1.54, 1.807) is 72.6 Å². The number of hydrogen-bond donors (Lipinski definition) is 1. The number of carbonyl (C=O) groups excluding carboxylic acids is 3. The van der Waals surface area contributed by atoms with Gasteiger partial charge in [0.1, 0.15) is 23.3 Å². The molecule has 3 amide bonds. The molecule has 3 fully saturated rings. The predicted molar refractivity (Wildman–Crippen MR) is 142 cm³/mol. The number of likely N-dealkylation sites (tertiary alicyclic amines) is 1. The van der Waals surface area contributed by atoms with E-state index in [0.717, 1.165) is 12.8 Å². The first kappa shape index (κ1) is 27.0. The van der Waals surface area contributed by atoms with Gasteiger partial charge in [0.2, 0.25) is 5.91 Å². The highest BCUT2D eigenvalue weighted by Crippen LogP contribution is 2.39. The number of nitrogens with one attached hydrogen (secondary N) is 1. The van der Waals surface area contributed by atoms with Crippen LogP contribution in [-0.4, -0.2) is 92.5 Å². The Kier molecular flexibility index (Phi) is 8.04. The van der Waals surface area contributed by atoms with Gasteiger partial charge in [-0.3, -0.25) is 19.3 Å². The van der Waals surface area contributed by atoms with Crippen molar-refractivity contribution in [3.05, 3.63) is 59.7 Å². The van der Waals surface area contributed by atoms with E-state index in [-0.39, 0.29) is 30.4 Å². The average Bonchev–Trinajstić information content (AvgIpc) is 3.64. The van der Waals surface area contributed by atoms with Crippen LogP contribution in [0.4, 0.5) is 0 Å². The number of benzene rings is 2. The summed E-state index contributed by atoms with van der Waals surface area (Å²) in [4.78, 5) is 43.8. The molecule has 3 saturated heterocycles. The zero-order valence-corrected chi connectivity index (χ0v) is 22.4. The van der Waals surface area contributed by atoms with E-state index in [1.165, 1.54) is 0 Å². The molecule has 0 bridgehead atoms. The van der Waals surface area contributed by atoms with Gasteiger partial charge in [-0.1, -0.05) is 0 Å². The number of carbonyl (C=O) groups is 3. The summed E-state index contributed by atoms with van der Waals surface area (Å²) in [6, 6.07) is 13.0. The zero-order chi connectivity index (χ0) is 27.4. The van der Waals surface area contributed by atoms with Crippen molar-refractivity contribution in [1.29, 1.82) is 0 Å². The Labute approximate surface area is 228 Å². The van der Waals surface area contributed by atoms with E-state index in [9.17, 15) is 14.4 Å². The van der Waals surface area contributed by atoms with Crippen LogP contribution in [0.3, 0.4) is 0 Å². The smallest absolute Gasteiger partial charge is 0.256 e. The van der Waals surface area contributed by atoms with Crippen molar-refractivity contribution in [2.45, 2.75) is 43.6 Å². The number of amides is 3. The first-order valence-corrected chi connectivity index (χ1v) is 13.4. The molecule has 2 atom stereocenters. The van der Waals surface area contributed by atoms with Crippen LogP contribution in [-0.2, 0) is 14.3 Å². The molecule has 0 radical (unpaired) electrons. The molecule has 1 N–H and O–H groups in total. The summed E-state index contributed by atoms with van der Waals surface area (Å²) in [6.07, 6.45) is 2.66. The summed E-state index contributed by atoms with van der Waals surface area (Å²) in [6.45, 7) is 1.97. The first-order valence-electron chi connectivity index (χ1n) is 13.4. The molecule has 3 aliphatic rings. The average molecular weight is 538 g/mol. The van der Waals surface area contributed by atoms with Crippen molar-refractivity contribution in [3.8, 4) is 11.5 Å². The van der Waals surface area contributed by atoms with Gasteiger partial charge in [-0.25, -0.2) is 0 Å². The molecule has 10 nitrogen and oxygen atoms in total. The van der Waals surface area contributed by atoms with Gasteiger partial charge in [-0.15, -0.1) is 0 Å². The van der Waals surface area contributed by atoms with E-state index in [4.69, 9.17) is 18.9 Å². The van der Waals surface area contributed by atoms with Gasteiger partial charge < -0.3 is 29.2 Å². The van der Waals surface area contributed by atoms with Gasteiger partial charge >= 0.3 is 0 Å². The second kappa shape index (κ2) is 11.6. The fourth-order valence-corrected chi connectivity index (χ4v) is 5.55. The lowest BCUT2D eigenvalue weighted by molar-refractivity contribution is -0.128. The number of methoxy groups -OCH3 is 2. The number of ether oxygens (including phenoxy) is 4. The standard InChI is InChI=1S/C29H35N3O7/c1-36-22-9-5-20(6-10-22)27(34)31-15-13-29(14-16-31)32(28(35)21-7-11-23(37-2)12-8-21)25(19-39-29)26(33)30-18-24-4-3-17-38-24/h5-12,24-25H,3-4,13-19H2,1-2H3,(H,30,33)/t24-,25+/m1/s1. The lowest BCUT2D eigenvalue weighted by Gasteiger charge is -2.44. The van der Waals surface area contributed by atoms with Crippen LogP contribution < -0.4 is 14.8 Å². The summed E-state index contributed by atoms with van der Waals surface area (Å²) < 4.78 is 22.4. The molecule has 39 heavy (non-hydrogen) atoms. The molecule has 5 rings (SSSR count). The van der Waals surface area contributed by atoms with Crippen LogP contribution >= 0.6 is 0 Å². The van der Waals surface area contributed by atoms with Gasteiger partial charge in [0, 0.05) is 50.2 Å². The third-order valence-electron chi connectivity index (χ3n) is 7.82. The fraction of sp³-hybridized carbons (Fsp3) is 0.483. The lowest BCUT2D eigenvalue weighted by atomic mass is 9.96. The lowest BCUT2D eigenvalue weighted by Crippen LogP contribution is -2.60. The number of rotatable bonds is 7. The second-order valence-electron chi connectivity index (χ2n) is 10.1. The molecule has 1 spiro atoms. The summed E-state index contributed by atoms with van der Waals surface area (Å²) in [5.41, 5.74) is 0.0190. The Hall–Kier alpha value is -3.63. The quantitative estimate of drug-likeness (QED) is 0.578. The fourth-order valence-electron chi connectivity index (χ4n) is 5.55. The van der Waals surface area contributed by atoms with Crippen LogP contribution in [0.25, 0.3) is 0 Å². The number of nitrogens with zero attached hydrogens (tertiary/aromatic N) is 2. The van der Waals surface area contributed by atoms with Crippen LogP contribution in [0.2, 0.25) is 0 Å². The Morgan fingerprint density at radius 3 is 2.05 bits per heavy atom. The van der Waals surface area contributed by atoms with Crippen LogP contribution in [0.5, 0.6) is 11.5 Å². The van der Waals surface area contributed by atoms with E-state index in [2.05, 4.69) is 5.32 Å². The highest BCUT2D eigenvalue weighted by molar-refractivity contribution is 5.99. The minimum absolute atomic E-state index is 0.0109. The summed E-state index contributed by atoms with van der Waals surface area (Å²) in [5.74, 6) is 0.669. The SMILES string of the molecule is COc1ccc(C(=O)N2CCC3(CC2)OC[C@@H](C(=O)NC[C@H]2CCCO2)N3C(=O)c2ccc(OC)cc2)cc1. The van der Waals surface area contributed by atoms with Crippen molar-refractivity contribution >= 4 is 17.7 Å². The molecule has 0 saturated carbocycles. The van der Waals surface area contributed by atoms with E-state index in [1.807, 2.05) is 0 Å². The van der Waals surface area contributed by atoms with Crippen molar-refractivity contribution in [2.75, 3.05) is 47.1 Å². The molecule has 3 aliphatic heterocycles. The third-order valence-corrected chi connectivity index (χ3v) is 7.82. The van der Waals surface area contributed by atoms with Crippen LogP contribution in [0.15, 0.2) is 48.5 Å². The maximum absolute atomic E-state index is 13.9. The van der Waals surface area contributed by atoms with Crippen molar-refractivity contribution in [3.63, 3.8) is 0 Å². The Balaban J connectivity index is 1.33. The molecule has 2 aromatic rings. The summed E-state index contributed by atoms with van der Waals surface area (Å²) in [5, 5.41) is 2.97. The molecule has 0 aromatic heterocycles. The van der Waals surface area contributed by atoms with Gasteiger partial charge in [0.05, 0.1) is 26.9 Å². The van der Waals surface area contributed by atoms with Gasteiger partial charge in [0.15, 0.2) is 0 Å². The van der Waals surface area contributed by atoms with Crippen LogP contribution in [0.1, 0.15) is 46.4 Å². The molecule has 3 heterocycles. The first-order chi connectivity index (χ1) is 18.9. The molecule has 2 aromatic carbocycles. The molecular weight excluding hydrogens is 502 g/mol. The monoisotopic (exact) mass is 537 g/mol. The van der Waals surface area contributed by atoms with Gasteiger partial charge in [-0.05, 0) is 61.4 Å². The van der Waals surface area contributed by atoms with Crippen molar-refractivity contribution in [1.82, 2.24) is 15.1 Å². The van der Waals surface area contributed by atoms with E-state index >= 15 is 0 Å². The molecule has 0 unspecified atom stereocenters. The second-order valence-corrected chi connectivity index (χ2v) is 10.1. The van der Waals surface area contributed by atoms with E-state index in [0.29, 0.717) is 61.7 Å². The maximum atomic E-state index is 13.9. The summed E-state index contributed by atoms with van der Waals surface area (Å²) >= 11 is 0. The minimum atomic E-state index is -0.987. The molecule has 10 heteroatoms. The Bertz CT molecular complexity index is 1170. The Morgan fingerprint density at radius 1 is 0.923 bits per heavy atom. The normalized spacial score (nSPS) is 22.1. The zero-order valence-electron chi connectivity index (χ0n) is 22.4. The largest absolute Gasteiger partial charge is 0.497 e. The highest BCUT2D eigenvalue weighted by atomic mass is 16.5. The van der Waals surface area contributed by atoms with E-state index < -0.39 is 11.8 Å². The highest BCUT2D eigenvalue weighted by Gasteiger charge is 2.54. The number of hydrogen-bond acceptors (Lipinski definition) is 7. The molecule has 208 valence electrons. The Morgan fingerprint density at radius 2 is 1.51 bits per heavy atom. The predicted octanol–water partition coefficient (Wildman–Crippen LogP) is 2.47.